The molecule has 0 radical (unpaired) electrons. The highest BCUT2D eigenvalue weighted by atomic mass is 16.5. The van der Waals surface area contributed by atoms with Crippen LogP contribution in [0.1, 0.15) is 26.3 Å². The van der Waals surface area contributed by atoms with Crippen LogP contribution in [0.4, 0.5) is 0 Å². The van der Waals surface area contributed by atoms with E-state index >= 15 is 0 Å². The summed E-state index contributed by atoms with van der Waals surface area (Å²) in [7, 11) is 0. The van der Waals surface area contributed by atoms with Gasteiger partial charge in [-0.25, -0.2) is 0 Å². The van der Waals surface area contributed by atoms with Crippen molar-refractivity contribution in [2.24, 2.45) is 5.92 Å². The van der Waals surface area contributed by atoms with Crippen molar-refractivity contribution in [3.63, 3.8) is 0 Å². The molecule has 0 N–H and O–H groups in total. The molecule has 0 atom stereocenters. The first-order chi connectivity index (χ1) is 7.15. The number of para-hydroxylation sites is 1. The van der Waals surface area contributed by atoms with Gasteiger partial charge in [-0.2, -0.15) is 0 Å². The van der Waals surface area contributed by atoms with Gasteiger partial charge in [0.25, 0.3) is 0 Å². The molecule has 0 aliphatic heterocycles. The zero-order chi connectivity index (χ0) is 11.3. The van der Waals surface area contributed by atoms with Gasteiger partial charge in [-0.05, 0) is 18.1 Å². The number of carbonyl (C=O) groups is 1. The summed E-state index contributed by atoms with van der Waals surface area (Å²) < 4.78 is 5.50. The van der Waals surface area contributed by atoms with Gasteiger partial charge < -0.3 is 4.74 Å². The molecule has 1 rings (SSSR count). The van der Waals surface area contributed by atoms with E-state index in [1.165, 1.54) is 0 Å². The minimum atomic E-state index is 0.0405. The number of ether oxygens (including phenoxy) is 1. The zero-order valence-corrected chi connectivity index (χ0v) is 9.62. The maximum atomic E-state index is 11.4. The molecule has 0 saturated carbocycles. The van der Waals surface area contributed by atoms with Gasteiger partial charge in [-0.15, -0.1) is 0 Å². The summed E-state index contributed by atoms with van der Waals surface area (Å²) in [6, 6.07) is 7.84. The van der Waals surface area contributed by atoms with Gasteiger partial charge in [0.15, 0.2) is 5.78 Å². The lowest BCUT2D eigenvalue weighted by Gasteiger charge is -2.10. The van der Waals surface area contributed by atoms with Crippen LogP contribution < -0.4 is 4.74 Å². The summed E-state index contributed by atoms with van der Waals surface area (Å²) in [4.78, 5) is 11.4. The number of ketones is 1. The standard InChI is InChI=1S/C13H18O2/c1-4-11-7-5-6-8-13(11)15-9-12(14)10(2)3/h5-8,10H,4,9H2,1-3H3. The predicted molar refractivity (Wildman–Crippen MR) is 61.2 cm³/mol. The number of aryl methyl sites for hydroxylation is 1. The summed E-state index contributed by atoms with van der Waals surface area (Å²) in [5.74, 6) is 1.01. The van der Waals surface area contributed by atoms with Crippen LogP contribution in [0.25, 0.3) is 0 Å². The van der Waals surface area contributed by atoms with E-state index < -0.39 is 0 Å². The molecule has 1 aromatic rings. The van der Waals surface area contributed by atoms with Crippen molar-refractivity contribution in [2.75, 3.05) is 6.61 Å². The van der Waals surface area contributed by atoms with Crippen LogP contribution in [-0.4, -0.2) is 12.4 Å². The Balaban J connectivity index is 2.61. The third-order valence-corrected chi connectivity index (χ3v) is 2.37. The second-order valence-electron chi connectivity index (χ2n) is 3.87. The fourth-order valence-electron chi connectivity index (χ4n) is 1.25. The molecule has 15 heavy (non-hydrogen) atoms. The van der Waals surface area contributed by atoms with Crippen molar-refractivity contribution in [3.05, 3.63) is 29.8 Å². The van der Waals surface area contributed by atoms with E-state index in [1.807, 2.05) is 38.1 Å². The van der Waals surface area contributed by atoms with Gasteiger partial charge in [0.05, 0.1) is 0 Å². The van der Waals surface area contributed by atoms with Crippen molar-refractivity contribution in [1.82, 2.24) is 0 Å². The lowest BCUT2D eigenvalue weighted by Crippen LogP contribution is -2.17. The van der Waals surface area contributed by atoms with Gasteiger partial charge in [0.2, 0.25) is 0 Å². The van der Waals surface area contributed by atoms with Crippen molar-refractivity contribution >= 4 is 5.78 Å². The SMILES string of the molecule is CCc1ccccc1OCC(=O)C(C)C. The van der Waals surface area contributed by atoms with Crippen LogP contribution in [0.3, 0.4) is 0 Å². The predicted octanol–water partition coefficient (Wildman–Crippen LogP) is 2.85. The Hall–Kier alpha value is -1.31. The van der Waals surface area contributed by atoms with Gasteiger partial charge in [0, 0.05) is 5.92 Å². The topological polar surface area (TPSA) is 26.3 Å². The molecular weight excluding hydrogens is 188 g/mol. The average Bonchev–Trinajstić information content (AvgIpc) is 2.26. The monoisotopic (exact) mass is 206 g/mol. The molecule has 0 saturated heterocycles. The first kappa shape index (κ1) is 11.8. The molecule has 0 fully saturated rings. The van der Waals surface area contributed by atoms with Crippen LogP contribution in [0.2, 0.25) is 0 Å². The molecular formula is C13H18O2. The minimum Gasteiger partial charge on any atom is -0.486 e. The lowest BCUT2D eigenvalue weighted by molar-refractivity contribution is -0.123. The number of benzene rings is 1. The lowest BCUT2D eigenvalue weighted by atomic mass is 10.1. The Bertz CT molecular complexity index is 329. The highest BCUT2D eigenvalue weighted by Gasteiger charge is 2.08. The third-order valence-electron chi connectivity index (χ3n) is 2.37. The summed E-state index contributed by atoms with van der Waals surface area (Å²) >= 11 is 0. The first-order valence-corrected chi connectivity index (χ1v) is 5.38. The van der Waals surface area contributed by atoms with Crippen LogP contribution in [0, 0.1) is 5.92 Å². The molecule has 0 aliphatic carbocycles. The molecule has 2 nitrogen and oxygen atoms in total. The average molecular weight is 206 g/mol. The summed E-state index contributed by atoms with van der Waals surface area (Å²) in [6.07, 6.45) is 0.923. The first-order valence-electron chi connectivity index (χ1n) is 5.38. The van der Waals surface area contributed by atoms with Crippen molar-refractivity contribution in [3.8, 4) is 5.75 Å². The van der Waals surface area contributed by atoms with Gasteiger partial charge in [-0.3, -0.25) is 4.79 Å². The van der Waals surface area contributed by atoms with Crippen molar-refractivity contribution in [2.45, 2.75) is 27.2 Å². The van der Waals surface area contributed by atoms with Crippen LogP contribution in [-0.2, 0) is 11.2 Å². The van der Waals surface area contributed by atoms with E-state index in [0.29, 0.717) is 0 Å². The zero-order valence-electron chi connectivity index (χ0n) is 9.62. The highest BCUT2D eigenvalue weighted by Crippen LogP contribution is 2.18. The minimum absolute atomic E-state index is 0.0405. The maximum absolute atomic E-state index is 11.4. The molecule has 82 valence electrons. The van der Waals surface area contributed by atoms with Crippen LogP contribution >= 0.6 is 0 Å². The fourth-order valence-corrected chi connectivity index (χ4v) is 1.25. The van der Waals surface area contributed by atoms with E-state index in [4.69, 9.17) is 4.74 Å². The van der Waals surface area contributed by atoms with Crippen molar-refractivity contribution < 1.29 is 9.53 Å². The Morgan fingerprint density at radius 3 is 2.60 bits per heavy atom. The highest BCUT2D eigenvalue weighted by molar-refractivity contribution is 5.81. The molecule has 0 aliphatic rings. The van der Waals surface area contributed by atoms with Gasteiger partial charge in [0.1, 0.15) is 12.4 Å². The van der Waals surface area contributed by atoms with Gasteiger partial charge in [-0.1, -0.05) is 39.0 Å². The van der Waals surface area contributed by atoms with Crippen LogP contribution in [0.15, 0.2) is 24.3 Å². The second-order valence-corrected chi connectivity index (χ2v) is 3.87. The molecule has 1 aromatic carbocycles. The number of hydrogen-bond donors (Lipinski definition) is 0. The second kappa shape index (κ2) is 5.54. The smallest absolute Gasteiger partial charge is 0.172 e. The molecule has 0 spiro atoms. The molecule has 0 aromatic heterocycles. The summed E-state index contributed by atoms with van der Waals surface area (Å²) in [6.45, 7) is 6.02. The van der Waals surface area contributed by atoms with E-state index in [1.54, 1.807) is 0 Å². The molecule has 0 heterocycles. The summed E-state index contributed by atoms with van der Waals surface area (Å²) in [5, 5.41) is 0. The normalized spacial score (nSPS) is 10.4. The number of carbonyl (C=O) groups excluding carboxylic acids is 1. The number of Topliss-reactive ketones (excluding diaryl/α,β-unsaturated/α-hetero) is 1. The molecule has 2 heteroatoms. The fraction of sp³-hybridized carbons (Fsp3) is 0.462. The van der Waals surface area contributed by atoms with E-state index in [0.717, 1.165) is 17.7 Å². The quantitative estimate of drug-likeness (QED) is 0.740. The van der Waals surface area contributed by atoms with Gasteiger partial charge >= 0.3 is 0 Å². The maximum Gasteiger partial charge on any atom is 0.172 e. The number of rotatable bonds is 5. The van der Waals surface area contributed by atoms with E-state index in [-0.39, 0.29) is 18.3 Å². The summed E-state index contributed by atoms with van der Waals surface area (Å²) in [5.41, 5.74) is 1.15. The molecule has 0 bridgehead atoms. The Morgan fingerprint density at radius 1 is 1.33 bits per heavy atom. The Labute approximate surface area is 91.3 Å². The largest absolute Gasteiger partial charge is 0.486 e. The Kier molecular flexibility index (Phi) is 4.35. The van der Waals surface area contributed by atoms with E-state index in [9.17, 15) is 4.79 Å². The number of hydrogen-bond acceptors (Lipinski definition) is 2. The third kappa shape index (κ3) is 3.39. The molecule has 0 amide bonds. The molecule has 0 unspecified atom stereocenters. The van der Waals surface area contributed by atoms with Crippen LogP contribution in [0.5, 0.6) is 5.75 Å². The Morgan fingerprint density at radius 2 is 2.00 bits per heavy atom. The van der Waals surface area contributed by atoms with Crippen molar-refractivity contribution in [1.29, 1.82) is 0 Å². The van der Waals surface area contributed by atoms with E-state index in [2.05, 4.69) is 6.92 Å².